The summed E-state index contributed by atoms with van der Waals surface area (Å²) in [5, 5.41) is 3.60. The van der Waals surface area contributed by atoms with E-state index in [0.29, 0.717) is 12.5 Å². The monoisotopic (exact) mass is 319 g/mol. The number of ketones is 1. The maximum atomic E-state index is 11.9. The highest BCUT2D eigenvalue weighted by atomic mass is 16.1. The van der Waals surface area contributed by atoms with Gasteiger partial charge in [-0.05, 0) is 61.1 Å². The number of allylic oxidation sites excluding steroid dienone is 1. The Bertz CT molecular complexity index is 701. The average molecular weight is 319 g/mol. The van der Waals surface area contributed by atoms with Gasteiger partial charge in [-0.25, -0.2) is 0 Å². The van der Waals surface area contributed by atoms with Gasteiger partial charge in [0.15, 0.2) is 5.78 Å². The average Bonchev–Trinajstić information content (AvgIpc) is 2.64. The number of carbonyl (C=O) groups is 1. The highest BCUT2D eigenvalue weighted by molar-refractivity contribution is 5.96. The number of carbonyl (C=O) groups excluding carboxylic acids is 1. The van der Waals surface area contributed by atoms with Gasteiger partial charge in [0, 0.05) is 23.7 Å². The first-order valence-electron chi connectivity index (χ1n) is 8.90. The summed E-state index contributed by atoms with van der Waals surface area (Å²) in [4.78, 5) is 11.9. The van der Waals surface area contributed by atoms with E-state index in [1.54, 1.807) is 0 Å². The zero-order chi connectivity index (χ0) is 16.8. The van der Waals surface area contributed by atoms with Gasteiger partial charge in [0.05, 0.1) is 0 Å². The van der Waals surface area contributed by atoms with E-state index in [-0.39, 0.29) is 5.78 Å². The van der Waals surface area contributed by atoms with E-state index in [1.165, 1.54) is 11.1 Å². The van der Waals surface area contributed by atoms with Crippen LogP contribution in [0.5, 0.6) is 0 Å². The Hall–Kier alpha value is -2.35. The van der Waals surface area contributed by atoms with Gasteiger partial charge in [-0.3, -0.25) is 4.79 Å². The van der Waals surface area contributed by atoms with Crippen LogP contribution in [0.25, 0.3) is 5.57 Å². The highest BCUT2D eigenvalue weighted by Gasteiger charge is 2.15. The molecule has 0 fully saturated rings. The third kappa shape index (κ3) is 4.14. The van der Waals surface area contributed by atoms with E-state index in [9.17, 15) is 4.79 Å². The molecule has 1 aliphatic rings. The third-order valence-electron chi connectivity index (χ3n) is 4.61. The van der Waals surface area contributed by atoms with E-state index < -0.39 is 0 Å². The number of nitrogens with one attached hydrogen (secondary N) is 1. The molecule has 2 aromatic carbocycles. The standard InChI is InChI=1S/C22H25NO/c1-2-6-22(24)19-11-15-21(16-12-19)23-20-13-9-18(10-14-20)17-7-4-3-5-8-17/h3-5,7-9,11-12,15-16,20,23H,2,6,10,13-14H2,1H3. The van der Waals surface area contributed by atoms with Crippen molar-refractivity contribution in [2.45, 2.75) is 45.1 Å². The van der Waals surface area contributed by atoms with Crippen molar-refractivity contribution >= 4 is 17.0 Å². The molecule has 124 valence electrons. The van der Waals surface area contributed by atoms with Gasteiger partial charge in [-0.15, -0.1) is 0 Å². The van der Waals surface area contributed by atoms with Crippen LogP contribution in [0, 0.1) is 0 Å². The van der Waals surface area contributed by atoms with Gasteiger partial charge in [-0.1, -0.05) is 43.3 Å². The van der Waals surface area contributed by atoms with Gasteiger partial charge < -0.3 is 5.32 Å². The SMILES string of the molecule is CCCC(=O)c1ccc(NC2CC=C(c3ccccc3)CC2)cc1. The topological polar surface area (TPSA) is 29.1 Å². The van der Waals surface area contributed by atoms with Crippen LogP contribution in [0.2, 0.25) is 0 Å². The van der Waals surface area contributed by atoms with Gasteiger partial charge in [0.25, 0.3) is 0 Å². The molecule has 2 nitrogen and oxygen atoms in total. The number of rotatable bonds is 6. The van der Waals surface area contributed by atoms with Crippen molar-refractivity contribution in [3.63, 3.8) is 0 Å². The molecule has 0 radical (unpaired) electrons. The van der Waals surface area contributed by atoms with Crippen molar-refractivity contribution < 1.29 is 4.79 Å². The Morgan fingerprint density at radius 3 is 2.46 bits per heavy atom. The van der Waals surface area contributed by atoms with E-state index >= 15 is 0 Å². The van der Waals surface area contributed by atoms with Gasteiger partial charge in [-0.2, -0.15) is 0 Å². The van der Waals surface area contributed by atoms with Crippen LogP contribution in [-0.4, -0.2) is 11.8 Å². The molecule has 0 aliphatic heterocycles. The lowest BCUT2D eigenvalue weighted by Crippen LogP contribution is -2.21. The Kier molecular flexibility index (Phi) is 5.47. The molecule has 0 heterocycles. The second-order valence-corrected chi connectivity index (χ2v) is 6.46. The maximum Gasteiger partial charge on any atom is 0.162 e. The molecular weight excluding hydrogens is 294 g/mol. The molecule has 24 heavy (non-hydrogen) atoms. The van der Waals surface area contributed by atoms with Gasteiger partial charge in [0.2, 0.25) is 0 Å². The van der Waals surface area contributed by atoms with Gasteiger partial charge in [0.1, 0.15) is 0 Å². The quantitative estimate of drug-likeness (QED) is 0.690. The minimum Gasteiger partial charge on any atom is -0.382 e. The molecule has 1 unspecified atom stereocenters. The summed E-state index contributed by atoms with van der Waals surface area (Å²) < 4.78 is 0. The zero-order valence-corrected chi connectivity index (χ0v) is 14.3. The molecule has 0 spiro atoms. The minimum absolute atomic E-state index is 0.233. The van der Waals surface area contributed by atoms with Crippen LogP contribution in [0.3, 0.4) is 0 Å². The minimum atomic E-state index is 0.233. The van der Waals surface area contributed by atoms with Crippen LogP contribution >= 0.6 is 0 Å². The van der Waals surface area contributed by atoms with E-state index in [2.05, 4.69) is 41.7 Å². The van der Waals surface area contributed by atoms with Crippen LogP contribution in [0.4, 0.5) is 5.69 Å². The van der Waals surface area contributed by atoms with Crippen molar-refractivity contribution in [3.8, 4) is 0 Å². The smallest absolute Gasteiger partial charge is 0.162 e. The lowest BCUT2D eigenvalue weighted by atomic mass is 9.90. The first kappa shape index (κ1) is 16.5. The van der Waals surface area contributed by atoms with Crippen molar-refractivity contribution in [1.29, 1.82) is 0 Å². The summed E-state index contributed by atoms with van der Waals surface area (Å²) in [6.45, 7) is 2.04. The number of hydrogen-bond donors (Lipinski definition) is 1. The fourth-order valence-electron chi connectivity index (χ4n) is 3.24. The largest absolute Gasteiger partial charge is 0.382 e. The summed E-state index contributed by atoms with van der Waals surface area (Å²) >= 11 is 0. The second kappa shape index (κ2) is 7.96. The number of Topliss-reactive ketones (excluding diaryl/α,β-unsaturated/α-hetero) is 1. The molecule has 1 N–H and O–H groups in total. The molecule has 0 aromatic heterocycles. The Labute approximate surface area is 144 Å². The molecular formula is C22H25NO. The molecule has 2 aromatic rings. The summed E-state index contributed by atoms with van der Waals surface area (Å²) in [6, 6.07) is 19.0. The van der Waals surface area contributed by atoms with E-state index in [0.717, 1.165) is 36.9 Å². The number of benzene rings is 2. The van der Waals surface area contributed by atoms with Gasteiger partial charge >= 0.3 is 0 Å². The van der Waals surface area contributed by atoms with E-state index in [1.807, 2.05) is 31.2 Å². The molecule has 1 aliphatic carbocycles. The van der Waals surface area contributed by atoms with Crippen molar-refractivity contribution in [2.75, 3.05) is 5.32 Å². The summed E-state index contributed by atoms with van der Waals surface area (Å²) in [5.41, 5.74) is 4.71. The van der Waals surface area contributed by atoms with Crippen molar-refractivity contribution in [2.24, 2.45) is 0 Å². The first-order chi connectivity index (χ1) is 11.8. The number of anilines is 1. The molecule has 0 saturated carbocycles. The van der Waals surface area contributed by atoms with Crippen molar-refractivity contribution in [3.05, 3.63) is 71.8 Å². The normalized spacial score (nSPS) is 17.2. The molecule has 0 bridgehead atoms. The number of hydrogen-bond acceptors (Lipinski definition) is 2. The van der Waals surface area contributed by atoms with Crippen LogP contribution in [-0.2, 0) is 0 Å². The van der Waals surface area contributed by atoms with Crippen LogP contribution < -0.4 is 5.32 Å². The lowest BCUT2D eigenvalue weighted by Gasteiger charge is -2.24. The lowest BCUT2D eigenvalue weighted by molar-refractivity contribution is 0.0982. The molecule has 0 saturated heterocycles. The highest BCUT2D eigenvalue weighted by Crippen LogP contribution is 2.28. The Morgan fingerprint density at radius 1 is 1.08 bits per heavy atom. The Balaban J connectivity index is 1.58. The molecule has 2 heteroatoms. The Morgan fingerprint density at radius 2 is 1.83 bits per heavy atom. The van der Waals surface area contributed by atoms with Crippen LogP contribution in [0.15, 0.2) is 60.7 Å². The third-order valence-corrected chi connectivity index (χ3v) is 4.61. The maximum absolute atomic E-state index is 11.9. The van der Waals surface area contributed by atoms with Crippen LogP contribution in [0.1, 0.15) is 54.9 Å². The van der Waals surface area contributed by atoms with E-state index in [4.69, 9.17) is 0 Å². The van der Waals surface area contributed by atoms with Crippen molar-refractivity contribution in [1.82, 2.24) is 0 Å². The molecule has 3 rings (SSSR count). The molecule has 1 atom stereocenters. The summed E-state index contributed by atoms with van der Waals surface area (Å²) in [6.07, 6.45) is 7.17. The second-order valence-electron chi connectivity index (χ2n) is 6.46. The predicted molar refractivity (Wildman–Crippen MR) is 101 cm³/mol. The predicted octanol–water partition coefficient (Wildman–Crippen LogP) is 5.72. The summed E-state index contributed by atoms with van der Waals surface area (Å²) in [5.74, 6) is 0.233. The fourth-order valence-corrected chi connectivity index (χ4v) is 3.24. The fraction of sp³-hybridized carbons (Fsp3) is 0.318. The zero-order valence-electron chi connectivity index (χ0n) is 14.3. The first-order valence-corrected chi connectivity index (χ1v) is 8.90. The summed E-state index contributed by atoms with van der Waals surface area (Å²) in [7, 11) is 0. The molecule has 0 amide bonds.